The highest BCUT2D eigenvalue weighted by Crippen LogP contribution is 2.33. The highest BCUT2D eigenvalue weighted by molar-refractivity contribution is 7.10. The van der Waals surface area contributed by atoms with Gasteiger partial charge in [-0.3, -0.25) is 4.79 Å². The Hall–Kier alpha value is -2.60. The van der Waals surface area contributed by atoms with Crippen LogP contribution in [0.2, 0.25) is 0 Å². The standard InChI is InChI=1S/C18H19N3O2S/c1-10-6-7-13(9-11(10)2)20-17(22)15-12(3)19-18(23)21-16(15)14-5-4-8-24-14/h4-9,15-16H,3H2,1-2H3,(H,20,22)(H2,19,21,23)/t15-,16+/m0/s1. The summed E-state index contributed by atoms with van der Waals surface area (Å²) >= 11 is 1.50. The number of nitrogens with one attached hydrogen (secondary N) is 3. The van der Waals surface area contributed by atoms with E-state index in [1.165, 1.54) is 16.9 Å². The average Bonchev–Trinajstić information content (AvgIpc) is 3.04. The van der Waals surface area contributed by atoms with Crippen LogP contribution in [0.25, 0.3) is 0 Å². The van der Waals surface area contributed by atoms with Crippen molar-refractivity contribution in [2.75, 3.05) is 5.32 Å². The predicted octanol–water partition coefficient (Wildman–Crippen LogP) is 3.49. The maximum atomic E-state index is 12.8. The van der Waals surface area contributed by atoms with Crippen molar-refractivity contribution in [2.24, 2.45) is 5.92 Å². The minimum Gasteiger partial charge on any atom is -0.329 e. The molecule has 0 aliphatic carbocycles. The second-order valence-corrected chi connectivity index (χ2v) is 6.86. The molecule has 1 aromatic heterocycles. The van der Waals surface area contributed by atoms with Gasteiger partial charge in [-0.2, -0.15) is 0 Å². The molecule has 6 heteroatoms. The Morgan fingerprint density at radius 1 is 1.25 bits per heavy atom. The Morgan fingerprint density at radius 3 is 2.71 bits per heavy atom. The molecule has 1 aliphatic rings. The van der Waals surface area contributed by atoms with Crippen LogP contribution >= 0.6 is 11.3 Å². The predicted molar refractivity (Wildman–Crippen MR) is 95.9 cm³/mol. The highest BCUT2D eigenvalue weighted by Gasteiger charge is 2.38. The van der Waals surface area contributed by atoms with Crippen molar-refractivity contribution in [3.8, 4) is 0 Å². The smallest absolute Gasteiger partial charge is 0.319 e. The minimum absolute atomic E-state index is 0.200. The van der Waals surface area contributed by atoms with E-state index in [1.54, 1.807) is 0 Å². The van der Waals surface area contributed by atoms with E-state index in [4.69, 9.17) is 0 Å². The number of aryl methyl sites for hydroxylation is 2. The number of carbonyl (C=O) groups is 2. The van der Waals surface area contributed by atoms with Crippen LogP contribution in [0.15, 0.2) is 48.0 Å². The van der Waals surface area contributed by atoms with E-state index >= 15 is 0 Å². The summed E-state index contributed by atoms with van der Waals surface area (Å²) in [6.07, 6.45) is 0. The lowest BCUT2D eigenvalue weighted by Crippen LogP contribution is -2.51. The van der Waals surface area contributed by atoms with Crippen molar-refractivity contribution in [3.63, 3.8) is 0 Å². The number of benzene rings is 1. The lowest BCUT2D eigenvalue weighted by molar-refractivity contribution is -0.119. The Labute approximate surface area is 144 Å². The second kappa shape index (κ2) is 6.49. The third kappa shape index (κ3) is 3.19. The largest absolute Gasteiger partial charge is 0.329 e. The number of carbonyl (C=O) groups excluding carboxylic acids is 2. The van der Waals surface area contributed by atoms with Gasteiger partial charge in [-0.25, -0.2) is 4.79 Å². The van der Waals surface area contributed by atoms with Gasteiger partial charge >= 0.3 is 6.03 Å². The number of thiophene rings is 1. The Balaban J connectivity index is 1.86. The van der Waals surface area contributed by atoms with Crippen LogP contribution in [-0.4, -0.2) is 11.9 Å². The molecule has 1 aliphatic heterocycles. The minimum atomic E-state index is -0.581. The van der Waals surface area contributed by atoms with E-state index < -0.39 is 12.0 Å². The monoisotopic (exact) mass is 341 g/mol. The number of anilines is 1. The number of amides is 3. The Bertz CT molecular complexity index is 799. The second-order valence-electron chi connectivity index (χ2n) is 5.88. The van der Waals surface area contributed by atoms with Crippen molar-refractivity contribution in [2.45, 2.75) is 19.9 Å². The maximum Gasteiger partial charge on any atom is 0.319 e. The van der Waals surface area contributed by atoms with Gasteiger partial charge in [-0.15, -0.1) is 11.3 Å². The molecule has 0 spiro atoms. The van der Waals surface area contributed by atoms with Gasteiger partial charge in [-0.1, -0.05) is 18.7 Å². The number of hydrogen-bond acceptors (Lipinski definition) is 3. The molecule has 2 atom stereocenters. The molecule has 0 unspecified atom stereocenters. The lowest BCUT2D eigenvalue weighted by Gasteiger charge is -2.33. The molecule has 1 aromatic carbocycles. The topological polar surface area (TPSA) is 70.2 Å². The van der Waals surface area contributed by atoms with Gasteiger partial charge in [0.25, 0.3) is 0 Å². The van der Waals surface area contributed by atoms with Crippen LogP contribution in [0.1, 0.15) is 22.0 Å². The summed E-state index contributed by atoms with van der Waals surface area (Å²) in [7, 11) is 0. The van der Waals surface area contributed by atoms with Gasteiger partial charge in [0.2, 0.25) is 5.91 Å². The molecule has 2 heterocycles. The third-order valence-electron chi connectivity index (χ3n) is 4.18. The molecular weight excluding hydrogens is 322 g/mol. The van der Waals surface area contributed by atoms with E-state index in [1.807, 2.05) is 49.6 Å². The van der Waals surface area contributed by atoms with Gasteiger partial charge in [0.1, 0.15) is 5.92 Å². The quantitative estimate of drug-likeness (QED) is 0.800. The summed E-state index contributed by atoms with van der Waals surface area (Å²) < 4.78 is 0. The summed E-state index contributed by atoms with van der Waals surface area (Å²) in [5.41, 5.74) is 3.41. The molecule has 0 radical (unpaired) electrons. The first-order valence-electron chi connectivity index (χ1n) is 7.63. The van der Waals surface area contributed by atoms with Crippen LogP contribution in [-0.2, 0) is 4.79 Å². The fourth-order valence-corrected chi connectivity index (χ4v) is 3.55. The van der Waals surface area contributed by atoms with Crippen LogP contribution in [0, 0.1) is 19.8 Å². The van der Waals surface area contributed by atoms with Crippen LogP contribution in [0.5, 0.6) is 0 Å². The Morgan fingerprint density at radius 2 is 2.04 bits per heavy atom. The number of hydrogen-bond donors (Lipinski definition) is 3. The van der Waals surface area contributed by atoms with Crippen molar-refractivity contribution < 1.29 is 9.59 Å². The first-order valence-corrected chi connectivity index (χ1v) is 8.51. The van der Waals surface area contributed by atoms with Crippen molar-refractivity contribution in [3.05, 3.63) is 64.0 Å². The van der Waals surface area contributed by atoms with Crippen LogP contribution < -0.4 is 16.0 Å². The molecule has 0 saturated carbocycles. The maximum absolute atomic E-state index is 12.8. The Kier molecular flexibility index (Phi) is 4.40. The van der Waals surface area contributed by atoms with E-state index in [9.17, 15) is 9.59 Å². The van der Waals surface area contributed by atoms with E-state index in [0.717, 1.165) is 16.1 Å². The van der Waals surface area contributed by atoms with Crippen LogP contribution in [0.4, 0.5) is 10.5 Å². The first-order chi connectivity index (χ1) is 11.5. The molecule has 0 bridgehead atoms. The highest BCUT2D eigenvalue weighted by atomic mass is 32.1. The zero-order valence-corrected chi connectivity index (χ0v) is 14.4. The number of rotatable bonds is 3. The van der Waals surface area contributed by atoms with Gasteiger partial charge in [0.05, 0.1) is 6.04 Å². The molecule has 24 heavy (non-hydrogen) atoms. The third-order valence-corrected chi connectivity index (χ3v) is 5.13. The first kappa shape index (κ1) is 16.3. The van der Waals surface area contributed by atoms with Gasteiger partial charge < -0.3 is 16.0 Å². The summed E-state index contributed by atoms with van der Waals surface area (Å²) in [4.78, 5) is 25.5. The molecule has 3 N–H and O–H groups in total. The molecule has 124 valence electrons. The summed E-state index contributed by atoms with van der Waals surface area (Å²) in [6, 6.07) is 8.83. The molecule has 5 nitrogen and oxygen atoms in total. The molecule has 1 saturated heterocycles. The van der Waals surface area contributed by atoms with Crippen molar-refractivity contribution in [1.29, 1.82) is 0 Å². The summed E-state index contributed by atoms with van der Waals surface area (Å²) in [6.45, 7) is 7.90. The van der Waals surface area contributed by atoms with Gasteiger partial charge in [0.15, 0.2) is 0 Å². The SMILES string of the molecule is C=C1NC(=O)N[C@H](c2cccs2)[C@H]1C(=O)Nc1ccc(C)c(C)c1. The average molecular weight is 341 g/mol. The molecular formula is C18H19N3O2S. The van der Waals surface area contributed by atoms with E-state index in [-0.39, 0.29) is 11.9 Å². The lowest BCUT2D eigenvalue weighted by atomic mass is 9.92. The van der Waals surface area contributed by atoms with E-state index in [2.05, 4.69) is 22.5 Å². The zero-order chi connectivity index (χ0) is 17.3. The van der Waals surface area contributed by atoms with Crippen molar-refractivity contribution >= 4 is 29.0 Å². The fourth-order valence-electron chi connectivity index (χ4n) is 2.74. The molecule has 3 amide bonds. The summed E-state index contributed by atoms with van der Waals surface area (Å²) in [5.74, 6) is -0.780. The normalized spacial score (nSPS) is 20.2. The van der Waals surface area contributed by atoms with Crippen molar-refractivity contribution in [1.82, 2.24) is 10.6 Å². The van der Waals surface area contributed by atoms with Gasteiger partial charge in [-0.05, 0) is 48.6 Å². The zero-order valence-electron chi connectivity index (χ0n) is 13.6. The van der Waals surface area contributed by atoms with Gasteiger partial charge in [0, 0.05) is 16.3 Å². The van der Waals surface area contributed by atoms with Crippen LogP contribution in [0.3, 0.4) is 0 Å². The summed E-state index contributed by atoms with van der Waals surface area (Å²) in [5, 5.41) is 10.3. The molecule has 2 aromatic rings. The van der Waals surface area contributed by atoms with E-state index in [0.29, 0.717) is 5.70 Å². The number of urea groups is 1. The fraction of sp³-hybridized carbons (Fsp3) is 0.222. The molecule has 3 rings (SSSR count). The molecule has 1 fully saturated rings.